The van der Waals surface area contributed by atoms with Crippen LogP contribution in [0, 0.1) is 5.92 Å². The van der Waals surface area contributed by atoms with Crippen LogP contribution < -0.4 is 0 Å². The molecule has 0 amide bonds. The lowest BCUT2D eigenvalue weighted by molar-refractivity contribution is 0.0188. The summed E-state index contributed by atoms with van der Waals surface area (Å²) in [5.74, 6) is 1.38. The van der Waals surface area contributed by atoms with Gasteiger partial charge in [0.1, 0.15) is 0 Å². The number of methoxy groups -OCH3 is 1. The van der Waals surface area contributed by atoms with Crippen LogP contribution in [0.15, 0.2) is 0 Å². The third-order valence-electron chi connectivity index (χ3n) is 1.52. The highest BCUT2D eigenvalue weighted by molar-refractivity contribution is 7.80. The standard InChI is InChI=1S/C9H20O3S/c1-9(8-13)7-12-6-5-11-4-3-10-2/h9,13H,3-8H2,1-2H3. The molecule has 1 atom stereocenters. The lowest BCUT2D eigenvalue weighted by atomic mass is 10.2. The largest absolute Gasteiger partial charge is 0.382 e. The molecule has 0 aromatic carbocycles. The van der Waals surface area contributed by atoms with Gasteiger partial charge in [0.05, 0.1) is 33.0 Å². The fourth-order valence-electron chi connectivity index (χ4n) is 0.699. The van der Waals surface area contributed by atoms with E-state index in [0.29, 0.717) is 32.3 Å². The van der Waals surface area contributed by atoms with Crippen LogP contribution in [0.5, 0.6) is 0 Å². The molecule has 80 valence electrons. The van der Waals surface area contributed by atoms with Crippen LogP contribution >= 0.6 is 12.6 Å². The Morgan fingerprint density at radius 1 is 1.08 bits per heavy atom. The van der Waals surface area contributed by atoms with Crippen molar-refractivity contribution >= 4 is 12.6 Å². The molecule has 1 unspecified atom stereocenters. The van der Waals surface area contributed by atoms with Crippen molar-refractivity contribution in [2.75, 3.05) is 45.9 Å². The lowest BCUT2D eigenvalue weighted by Crippen LogP contribution is -2.12. The summed E-state index contributed by atoms with van der Waals surface area (Å²) < 4.78 is 15.4. The van der Waals surface area contributed by atoms with Crippen molar-refractivity contribution in [1.29, 1.82) is 0 Å². The van der Waals surface area contributed by atoms with E-state index in [1.807, 2.05) is 0 Å². The fraction of sp³-hybridized carbons (Fsp3) is 1.00. The maximum atomic E-state index is 5.35. The maximum absolute atomic E-state index is 5.35. The molecule has 13 heavy (non-hydrogen) atoms. The molecule has 0 aromatic rings. The summed E-state index contributed by atoms with van der Waals surface area (Å²) >= 11 is 4.16. The Kier molecular flexibility index (Phi) is 10.5. The SMILES string of the molecule is COCCOCCOCC(C)CS. The van der Waals surface area contributed by atoms with E-state index in [2.05, 4.69) is 19.6 Å². The minimum Gasteiger partial charge on any atom is -0.382 e. The second-order valence-corrected chi connectivity index (χ2v) is 3.33. The average molecular weight is 208 g/mol. The fourth-order valence-corrected chi connectivity index (χ4v) is 0.805. The minimum absolute atomic E-state index is 0.516. The summed E-state index contributed by atoms with van der Waals surface area (Å²) in [6.07, 6.45) is 0. The van der Waals surface area contributed by atoms with E-state index in [-0.39, 0.29) is 0 Å². The first-order valence-corrected chi connectivity index (χ1v) is 5.19. The van der Waals surface area contributed by atoms with Gasteiger partial charge in [0.25, 0.3) is 0 Å². The highest BCUT2D eigenvalue weighted by Gasteiger charge is 1.97. The molecule has 0 aliphatic rings. The summed E-state index contributed by atoms with van der Waals surface area (Å²) in [4.78, 5) is 0. The van der Waals surface area contributed by atoms with Crippen LogP contribution in [-0.4, -0.2) is 45.9 Å². The average Bonchev–Trinajstić information content (AvgIpc) is 2.16. The molecule has 0 heterocycles. The van der Waals surface area contributed by atoms with Gasteiger partial charge in [0.15, 0.2) is 0 Å². The number of hydrogen-bond donors (Lipinski definition) is 1. The van der Waals surface area contributed by atoms with Gasteiger partial charge >= 0.3 is 0 Å². The molecule has 0 spiro atoms. The zero-order valence-corrected chi connectivity index (χ0v) is 9.39. The number of thiol groups is 1. The van der Waals surface area contributed by atoms with E-state index in [1.165, 1.54) is 0 Å². The minimum atomic E-state index is 0.516. The summed E-state index contributed by atoms with van der Waals surface area (Å²) in [5, 5.41) is 0. The highest BCUT2D eigenvalue weighted by Crippen LogP contribution is 1.97. The van der Waals surface area contributed by atoms with E-state index in [4.69, 9.17) is 14.2 Å². The van der Waals surface area contributed by atoms with Crippen LogP contribution in [0.4, 0.5) is 0 Å². The van der Waals surface area contributed by atoms with Crippen molar-refractivity contribution in [1.82, 2.24) is 0 Å². The van der Waals surface area contributed by atoms with Crippen LogP contribution in [0.2, 0.25) is 0 Å². The Bertz CT molecular complexity index is 101. The molecule has 0 N–H and O–H groups in total. The van der Waals surface area contributed by atoms with E-state index in [1.54, 1.807) is 7.11 Å². The first-order valence-electron chi connectivity index (χ1n) is 4.56. The molecule has 3 nitrogen and oxygen atoms in total. The normalized spacial score (nSPS) is 13.2. The van der Waals surface area contributed by atoms with Crippen molar-refractivity contribution in [3.8, 4) is 0 Å². The molecule has 4 heteroatoms. The molecule has 0 bridgehead atoms. The third kappa shape index (κ3) is 10.1. The smallest absolute Gasteiger partial charge is 0.0701 e. The molecule has 0 rings (SSSR count). The van der Waals surface area contributed by atoms with Crippen molar-refractivity contribution < 1.29 is 14.2 Å². The predicted octanol–water partition coefficient (Wildman–Crippen LogP) is 1.23. The molecule has 0 saturated carbocycles. The quantitative estimate of drug-likeness (QED) is 0.456. The second kappa shape index (κ2) is 10.3. The lowest BCUT2D eigenvalue weighted by Gasteiger charge is -2.09. The summed E-state index contributed by atoms with van der Waals surface area (Å²) in [6.45, 7) is 5.45. The zero-order valence-electron chi connectivity index (χ0n) is 8.49. The van der Waals surface area contributed by atoms with Gasteiger partial charge in [-0.05, 0) is 11.7 Å². The third-order valence-corrected chi connectivity index (χ3v) is 2.14. The van der Waals surface area contributed by atoms with Crippen LogP contribution in [0.3, 0.4) is 0 Å². The van der Waals surface area contributed by atoms with Crippen LogP contribution in [0.25, 0.3) is 0 Å². The molecular weight excluding hydrogens is 188 g/mol. The molecule has 0 saturated heterocycles. The van der Waals surface area contributed by atoms with Gasteiger partial charge in [0.2, 0.25) is 0 Å². The van der Waals surface area contributed by atoms with Gasteiger partial charge in [-0.15, -0.1) is 0 Å². The first-order chi connectivity index (χ1) is 6.31. The predicted molar refractivity (Wildman–Crippen MR) is 56.5 cm³/mol. The maximum Gasteiger partial charge on any atom is 0.0701 e. The highest BCUT2D eigenvalue weighted by atomic mass is 32.1. The van der Waals surface area contributed by atoms with Crippen molar-refractivity contribution in [2.45, 2.75) is 6.92 Å². The van der Waals surface area contributed by atoms with Crippen molar-refractivity contribution in [3.05, 3.63) is 0 Å². The van der Waals surface area contributed by atoms with E-state index < -0.39 is 0 Å². The summed E-state index contributed by atoms with van der Waals surface area (Å²) in [5.41, 5.74) is 0. The van der Waals surface area contributed by atoms with Gasteiger partial charge < -0.3 is 14.2 Å². The van der Waals surface area contributed by atoms with Gasteiger partial charge in [-0.2, -0.15) is 12.6 Å². The molecule has 0 fully saturated rings. The Balaban J connectivity index is 2.91. The zero-order chi connectivity index (χ0) is 9.94. The van der Waals surface area contributed by atoms with Gasteiger partial charge in [-0.1, -0.05) is 6.92 Å². The molecular formula is C9H20O3S. The van der Waals surface area contributed by atoms with Gasteiger partial charge in [-0.3, -0.25) is 0 Å². The topological polar surface area (TPSA) is 27.7 Å². The van der Waals surface area contributed by atoms with E-state index in [0.717, 1.165) is 12.4 Å². The first kappa shape index (κ1) is 13.2. The van der Waals surface area contributed by atoms with E-state index >= 15 is 0 Å². The Labute approximate surface area is 86.2 Å². The number of rotatable bonds is 9. The van der Waals surface area contributed by atoms with E-state index in [9.17, 15) is 0 Å². The number of ether oxygens (including phenoxy) is 3. The Hall–Kier alpha value is 0.230. The monoisotopic (exact) mass is 208 g/mol. The van der Waals surface area contributed by atoms with Crippen molar-refractivity contribution in [3.63, 3.8) is 0 Å². The number of hydrogen-bond acceptors (Lipinski definition) is 4. The molecule has 0 aliphatic heterocycles. The van der Waals surface area contributed by atoms with Gasteiger partial charge in [0, 0.05) is 7.11 Å². The van der Waals surface area contributed by atoms with Gasteiger partial charge in [-0.25, -0.2) is 0 Å². The molecule has 0 aromatic heterocycles. The summed E-state index contributed by atoms with van der Waals surface area (Å²) in [6, 6.07) is 0. The van der Waals surface area contributed by atoms with Crippen molar-refractivity contribution in [2.24, 2.45) is 5.92 Å². The molecule has 0 aliphatic carbocycles. The Morgan fingerprint density at radius 3 is 2.31 bits per heavy atom. The van der Waals surface area contributed by atoms with Crippen LogP contribution in [0.1, 0.15) is 6.92 Å². The second-order valence-electron chi connectivity index (χ2n) is 2.97. The summed E-state index contributed by atoms with van der Waals surface area (Å²) in [7, 11) is 1.66. The Morgan fingerprint density at radius 2 is 1.69 bits per heavy atom. The molecule has 0 radical (unpaired) electrons. The van der Waals surface area contributed by atoms with Crippen LogP contribution in [-0.2, 0) is 14.2 Å².